The second kappa shape index (κ2) is 5.98. The Morgan fingerprint density at radius 1 is 1.60 bits per heavy atom. The third-order valence-corrected chi connectivity index (χ3v) is 2.00. The predicted molar refractivity (Wildman–Crippen MR) is 59.3 cm³/mol. The van der Waals surface area contributed by atoms with Crippen molar-refractivity contribution in [2.75, 3.05) is 12.0 Å². The Morgan fingerprint density at radius 3 is 3.07 bits per heavy atom. The average molecular weight is 208 g/mol. The second-order valence-corrected chi connectivity index (χ2v) is 3.15. The zero-order chi connectivity index (χ0) is 11.1. The van der Waals surface area contributed by atoms with Crippen molar-refractivity contribution in [1.29, 1.82) is 0 Å². The highest BCUT2D eigenvalue weighted by Crippen LogP contribution is 2.09. The lowest BCUT2D eigenvalue weighted by Crippen LogP contribution is -2.26. The predicted octanol–water partition coefficient (Wildman–Crippen LogP) is 0.897. The third-order valence-electron chi connectivity index (χ3n) is 2.00. The van der Waals surface area contributed by atoms with Crippen LogP contribution in [0.1, 0.15) is 30.1 Å². The number of rotatable bonds is 5. The molecule has 0 bridgehead atoms. The summed E-state index contributed by atoms with van der Waals surface area (Å²) in [6.07, 6.45) is 3.60. The van der Waals surface area contributed by atoms with Gasteiger partial charge in [0, 0.05) is 12.7 Å². The van der Waals surface area contributed by atoms with Crippen molar-refractivity contribution >= 4 is 11.7 Å². The highest BCUT2D eigenvalue weighted by Gasteiger charge is 2.09. The Balaban J connectivity index is 2.64. The number of carbonyl (C=O) groups is 1. The van der Waals surface area contributed by atoms with Gasteiger partial charge in [-0.05, 0) is 18.6 Å². The molecule has 0 radical (unpaired) electrons. The van der Waals surface area contributed by atoms with Crippen LogP contribution in [0.4, 0.5) is 5.82 Å². The number of nitrogens with one attached hydrogen (secondary N) is 2. The molecule has 5 heteroatoms. The van der Waals surface area contributed by atoms with E-state index in [1.165, 1.54) is 0 Å². The first kappa shape index (κ1) is 11.5. The van der Waals surface area contributed by atoms with Gasteiger partial charge in [-0.3, -0.25) is 4.79 Å². The maximum atomic E-state index is 11.7. The molecule has 0 aliphatic heterocycles. The fourth-order valence-electron chi connectivity index (χ4n) is 1.18. The van der Waals surface area contributed by atoms with Gasteiger partial charge < -0.3 is 10.7 Å². The van der Waals surface area contributed by atoms with Gasteiger partial charge in [0.15, 0.2) is 5.82 Å². The molecule has 0 spiro atoms. The van der Waals surface area contributed by atoms with Crippen LogP contribution in [0.5, 0.6) is 0 Å². The number of hydrogen-bond donors (Lipinski definition) is 3. The van der Waals surface area contributed by atoms with E-state index >= 15 is 0 Å². The van der Waals surface area contributed by atoms with E-state index < -0.39 is 0 Å². The summed E-state index contributed by atoms with van der Waals surface area (Å²) in [6.45, 7) is 2.75. The molecule has 0 atom stereocenters. The third kappa shape index (κ3) is 3.21. The van der Waals surface area contributed by atoms with Gasteiger partial charge in [-0.1, -0.05) is 13.3 Å². The zero-order valence-corrected chi connectivity index (χ0v) is 8.79. The number of amides is 1. The van der Waals surface area contributed by atoms with Gasteiger partial charge in [0.1, 0.15) is 0 Å². The number of carbonyl (C=O) groups excluding carboxylic acids is 1. The van der Waals surface area contributed by atoms with Crippen LogP contribution in [-0.4, -0.2) is 17.4 Å². The van der Waals surface area contributed by atoms with Crippen molar-refractivity contribution in [3.63, 3.8) is 0 Å². The normalized spacial score (nSPS) is 9.73. The number of aromatic nitrogens is 1. The molecule has 0 aromatic carbocycles. The van der Waals surface area contributed by atoms with Crippen molar-refractivity contribution in [3.8, 4) is 0 Å². The van der Waals surface area contributed by atoms with E-state index in [1.54, 1.807) is 18.3 Å². The summed E-state index contributed by atoms with van der Waals surface area (Å²) in [5.74, 6) is 5.50. The van der Waals surface area contributed by atoms with Crippen LogP contribution < -0.4 is 16.6 Å². The summed E-state index contributed by atoms with van der Waals surface area (Å²) in [6, 6.07) is 3.39. The fraction of sp³-hybridized carbons (Fsp3) is 0.400. The number of pyridine rings is 1. The van der Waals surface area contributed by atoms with Crippen LogP contribution in [0.3, 0.4) is 0 Å². The molecule has 1 aromatic rings. The van der Waals surface area contributed by atoms with E-state index in [1.807, 2.05) is 0 Å². The summed E-state index contributed by atoms with van der Waals surface area (Å²) < 4.78 is 0. The van der Waals surface area contributed by atoms with E-state index in [-0.39, 0.29) is 5.91 Å². The van der Waals surface area contributed by atoms with Crippen LogP contribution in [0.15, 0.2) is 18.3 Å². The Morgan fingerprint density at radius 2 is 2.40 bits per heavy atom. The monoisotopic (exact) mass is 208 g/mol. The molecule has 0 aliphatic carbocycles. The van der Waals surface area contributed by atoms with Crippen LogP contribution in [0.2, 0.25) is 0 Å². The summed E-state index contributed by atoms with van der Waals surface area (Å²) in [5, 5.41) is 2.80. The van der Waals surface area contributed by atoms with Crippen molar-refractivity contribution in [1.82, 2.24) is 10.3 Å². The molecule has 1 rings (SSSR count). The highest BCUT2D eigenvalue weighted by atomic mass is 16.1. The van der Waals surface area contributed by atoms with E-state index in [4.69, 9.17) is 5.84 Å². The molecule has 1 aromatic heterocycles. The molecular weight excluding hydrogens is 192 g/mol. The van der Waals surface area contributed by atoms with Gasteiger partial charge in [0.25, 0.3) is 5.91 Å². The molecule has 0 saturated carbocycles. The van der Waals surface area contributed by atoms with E-state index in [0.29, 0.717) is 17.9 Å². The number of hydrazine groups is 1. The minimum Gasteiger partial charge on any atom is -0.352 e. The molecule has 0 unspecified atom stereocenters. The van der Waals surface area contributed by atoms with Gasteiger partial charge in [-0.15, -0.1) is 0 Å². The highest BCUT2D eigenvalue weighted by molar-refractivity contribution is 5.98. The molecule has 1 heterocycles. The first-order chi connectivity index (χ1) is 7.29. The average Bonchev–Trinajstić information content (AvgIpc) is 2.29. The molecule has 0 aliphatic rings. The van der Waals surface area contributed by atoms with Crippen molar-refractivity contribution in [2.45, 2.75) is 19.8 Å². The lowest BCUT2D eigenvalue weighted by atomic mass is 10.2. The van der Waals surface area contributed by atoms with Crippen molar-refractivity contribution in [2.24, 2.45) is 5.84 Å². The van der Waals surface area contributed by atoms with Crippen LogP contribution in [0, 0.1) is 0 Å². The maximum absolute atomic E-state index is 11.7. The largest absolute Gasteiger partial charge is 0.352 e. The zero-order valence-electron chi connectivity index (χ0n) is 8.79. The van der Waals surface area contributed by atoms with Crippen molar-refractivity contribution in [3.05, 3.63) is 23.9 Å². The van der Waals surface area contributed by atoms with Gasteiger partial charge in [0.05, 0.1) is 5.56 Å². The van der Waals surface area contributed by atoms with Gasteiger partial charge in [-0.25, -0.2) is 10.8 Å². The summed E-state index contributed by atoms with van der Waals surface area (Å²) in [5.41, 5.74) is 2.86. The SMILES string of the molecule is CCCCNC(=O)c1cccnc1NN. The number of anilines is 1. The molecule has 4 N–H and O–H groups in total. The standard InChI is InChI=1S/C10H16N4O/c1-2-3-6-13-10(15)8-5-4-7-12-9(8)14-11/h4-5,7H,2-3,6,11H2,1H3,(H,12,14)(H,13,15). The maximum Gasteiger partial charge on any atom is 0.255 e. The van der Waals surface area contributed by atoms with Crippen molar-refractivity contribution < 1.29 is 4.79 Å². The topological polar surface area (TPSA) is 80.0 Å². The molecule has 5 nitrogen and oxygen atoms in total. The van der Waals surface area contributed by atoms with E-state index in [2.05, 4.69) is 22.7 Å². The summed E-state index contributed by atoms with van der Waals surface area (Å²) in [7, 11) is 0. The summed E-state index contributed by atoms with van der Waals surface area (Å²) in [4.78, 5) is 15.6. The fourth-order valence-corrected chi connectivity index (χ4v) is 1.18. The first-order valence-corrected chi connectivity index (χ1v) is 4.99. The van der Waals surface area contributed by atoms with Crippen LogP contribution in [-0.2, 0) is 0 Å². The summed E-state index contributed by atoms with van der Waals surface area (Å²) >= 11 is 0. The molecular formula is C10H16N4O. The van der Waals surface area contributed by atoms with Crippen LogP contribution in [0.25, 0.3) is 0 Å². The van der Waals surface area contributed by atoms with E-state index in [0.717, 1.165) is 12.8 Å². The Bertz CT molecular complexity index is 327. The Labute approximate surface area is 89.0 Å². The molecule has 1 amide bonds. The quantitative estimate of drug-likeness (QED) is 0.381. The lowest BCUT2D eigenvalue weighted by molar-refractivity contribution is 0.0953. The van der Waals surface area contributed by atoms with Crippen LogP contribution >= 0.6 is 0 Å². The van der Waals surface area contributed by atoms with Gasteiger partial charge in [-0.2, -0.15) is 0 Å². The molecule has 0 saturated heterocycles. The molecule has 0 fully saturated rings. The number of nitrogens with zero attached hydrogens (tertiary/aromatic N) is 1. The number of nitrogen functional groups attached to an aromatic ring is 1. The molecule has 15 heavy (non-hydrogen) atoms. The minimum atomic E-state index is -0.149. The molecule has 82 valence electrons. The number of hydrogen-bond acceptors (Lipinski definition) is 4. The lowest BCUT2D eigenvalue weighted by Gasteiger charge is -2.07. The van der Waals surface area contributed by atoms with Gasteiger partial charge in [0.2, 0.25) is 0 Å². The second-order valence-electron chi connectivity index (χ2n) is 3.15. The number of nitrogens with two attached hydrogens (primary N) is 1. The Kier molecular flexibility index (Phi) is 4.56. The first-order valence-electron chi connectivity index (χ1n) is 4.99. The minimum absolute atomic E-state index is 0.149. The Hall–Kier alpha value is -1.62. The number of unbranched alkanes of at least 4 members (excludes halogenated alkanes) is 1. The van der Waals surface area contributed by atoms with Gasteiger partial charge >= 0.3 is 0 Å². The van der Waals surface area contributed by atoms with E-state index in [9.17, 15) is 4.79 Å². The smallest absolute Gasteiger partial charge is 0.255 e.